The molecule has 0 saturated carbocycles. The molecule has 3 nitrogen and oxygen atoms in total. The second kappa shape index (κ2) is 8.55. The van der Waals surface area contributed by atoms with E-state index in [1.54, 1.807) is 0 Å². The number of nitrogens with zero attached hydrogens (tertiary/aromatic N) is 2. The summed E-state index contributed by atoms with van der Waals surface area (Å²) < 4.78 is 2.16. The van der Waals surface area contributed by atoms with Gasteiger partial charge in [-0.2, -0.15) is 0 Å². The summed E-state index contributed by atoms with van der Waals surface area (Å²) in [6, 6.07) is 20.7. The van der Waals surface area contributed by atoms with Crippen molar-refractivity contribution in [1.82, 2.24) is 9.55 Å². The lowest BCUT2D eigenvalue weighted by molar-refractivity contribution is 0.611. The third-order valence-electron chi connectivity index (χ3n) is 4.08. The summed E-state index contributed by atoms with van der Waals surface area (Å²) in [6.45, 7) is 3.12. The first-order valence-corrected chi connectivity index (χ1v) is 8.28. The third-order valence-corrected chi connectivity index (χ3v) is 4.08. The van der Waals surface area contributed by atoms with Gasteiger partial charge in [-0.15, -0.1) is 12.4 Å². The van der Waals surface area contributed by atoms with Gasteiger partial charge in [0.1, 0.15) is 0 Å². The molecule has 0 aliphatic rings. The Labute approximate surface area is 150 Å². The average Bonchev–Trinajstić information content (AvgIpc) is 2.93. The maximum absolute atomic E-state index is 6.25. The van der Waals surface area contributed by atoms with Crippen LogP contribution in [0.25, 0.3) is 22.5 Å². The van der Waals surface area contributed by atoms with Gasteiger partial charge in [0.25, 0.3) is 0 Å². The van der Waals surface area contributed by atoms with E-state index in [9.17, 15) is 0 Å². The first-order chi connectivity index (χ1) is 11.3. The molecule has 2 aromatic carbocycles. The van der Waals surface area contributed by atoms with Crippen LogP contribution in [-0.2, 0) is 6.54 Å². The molecular formula is C20H24ClN3. The Morgan fingerprint density at radius 2 is 1.46 bits per heavy atom. The minimum Gasteiger partial charge on any atom is -0.369 e. The molecule has 1 heterocycles. The first kappa shape index (κ1) is 18.1. The van der Waals surface area contributed by atoms with Gasteiger partial charge < -0.3 is 10.3 Å². The Hall–Kier alpha value is -2.26. The Bertz CT molecular complexity index is 751. The van der Waals surface area contributed by atoms with Crippen molar-refractivity contribution in [1.29, 1.82) is 0 Å². The van der Waals surface area contributed by atoms with E-state index in [2.05, 4.69) is 52.9 Å². The maximum Gasteiger partial charge on any atom is 0.201 e. The van der Waals surface area contributed by atoms with Crippen molar-refractivity contribution in [2.24, 2.45) is 0 Å². The van der Waals surface area contributed by atoms with E-state index < -0.39 is 0 Å². The van der Waals surface area contributed by atoms with Gasteiger partial charge in [-0.1, -0.05) is 80.4 Å². The van der Waals surface area contributed by atoms with Crippen LogP contribution in [0, 0.1) is 0 Å². The lowest BCUT2D eigenvalue weighted by Crippen LogP contribution is -2.05. The number of anilines is 1. The Kier molecular flexibility index (Phi) is 6.44. The van der Waals surface area contributed by atoms with E-state index in [0.29, 0.717) is 5.95 Å². The molecule has 0 aliphatic heterocycles. The predicted octanol–water partition coefficient (Wildman–Crippen LogP) is 5.41. The van der Waals surface area contributed by atoms with Gasteiger partial charge in [-0.3, -0.25) is 0 Å². The molecule has 0 spiro atoms. The fourth-order valence-corrected chi connectivity index (χ4v) is 2.90. The zero-order valence-electron chi connectivity index (χ0n) is 14.0. The van der Waals surface area contributed by atoms with Crippen LogP contribution < -0.4 is 5.73 Å². The molecule has 3 aromatic rings. The summed E-state index contributed by atoms with van der Waals surface area (Å²) in [5, 5.41) is 0. The molecule has 0 fully saturated rings. The molecule has 3 rings (SSSR count). The lowest BCUT2D eigenvalue weighted by atomic mass is 10.0. The van der Waals surface area contributed by atoms with Gasteiger partial charge in [0.05, 0.1) is 11.4 Å². The van der Waals surface area contributed by atoms with Crippen LogP contribution in [0.1, 0.15) is 26.2 Å². The van der Waals surface area contributed by atoms with Crippen molar-refractivity contribution < 1.29 is 0 Å². The molecule has 126 valence electrons. The first-order valence-electron chi connectivity index (χ1n) is 8.28. The summed E-state index contributed by atoms with van der Waals surface area (Å²) in [4.78, 5) is 4.68. The van der Waals surface area contributed by atoms with Crippen LogP contribution in [0.5, 0.6) is 0 Å². The molecule has 0 unspecified atom stereocenters. The second-order valence-corrected chi connectivity index (χ2v) is 5.76. The molecule has 1 aromatic heterocycles. The molecule has 0 saturated heterocycles. The van der Waals surface area contributed by atoms with Crippen molar-refractivity contribution in [2.45, 2.75) is 32.7 Å². The number of hydrogen-bond acceptors (Lipinski definition) is 2. The monoisotopic (exact) mass is 341 g/mol. The molecule has 0 aliphatic carbocycles. The van der Waals surface area contributed by atoms with Crippen molar-refractivity contribution in [3.8, 4) is 22.5 Å². The Morgan fingerprint density at radius 1 is 0.875 bits per heavy atom. The molecule has 24 heavy (non-hydrogen) atoms. The number of rotatable bonds is 6. The van der Waals surface area contributed by atoms with Crippen LogP contribution in [0.2, 0.25) is 0 Å². The maximum atomic E-state index is 6.25. The Balaban J connectivity index is 0.00000208. The van der Waals surface area contributed by atoms with E-state index >= 15 is 0 Å². The van der Waals surface area contributed by atoms with E-state index in [1.165, 1.54) is 12.8 Å². The fourth-order valence-electron chi connectivity index (χ4n) is 2.90. The van der Waals surface area contributed by atoms with E-state index in [1.807, 2.05) is 24.3 Å². The number of aromatic nitrogens is 2. The van der Waals surface area contributed by atoms with E-state index in [4.69, 9.17) is 5.73 Å². The number of imidazole rings is 1. The minimum atomic E-state index is 0. The van der Waals surface area contributed by atoms with Crippen molar-refractivity contribution in [2.75, 3.05) is 5.73 Å². The summed E-state index contributed by atoms with van der Waals surface area (Å²) in [5.41, 5.74) is 10.6. The normalized spacial score (nSPS) is 10.4. The molecule has 0 atom stereocenters. The zero-order valence-corrected chi connectivity index (χ0v) is 14.8. The predicted molar refractivity (Wildman–Crippen MR) is 104 cm³/mol. The summed E-state index contributed by atoms with van der Waals surface area (Å²) in [5.74, 6) is 0.596. The van der Waals surface area contributed by atoms with E-state index in [-0.39, 0.29) is 12.4 Å². The summed E-state index contributed by atoms with van der Waals surface area (Å²) in [7, 11) is 0. The second-order valence-electron chi connectivity index (χ2n) is 5.76. The highest BCUT2D eigenvalue weighted by Crippen LogP contribution is 2.33. The van der Waals surface area contributed by atoms with E-state index in [0.717, 1.165) is 35.5 Å². The summed E-state index contributed by atoms with van der Waals surface area (Å²) >= 11 is 0. The minimum absolute atomic E-state index is 0. The summed E-state index contributed by atoms with van der Waals surface area (Å²) in [6.07, 6.45) is 3.51. The van der Waals surface area contributed by atoms with Crippen molar-refractivity contribution in [3.63, 3.8) is 0 Å². The smallest absolute Gasteiger partial charge is 0.201 e. The highest BCUT2D eigenvalue weighted by molar-refractivity contribution is 5.85. The van der Waals surface area contributed by atoms with Crippen LogP contribution in [0.4, 0.5) is 5.95 Å². The number of halogens is 1. The van der Waals surface area contributed by atoms with Gasteiger partial charge in [0, 0.05) is 17.7 Å². The molecular weight excluding hydrogens is 318 g/mol. The highest BCUT2D eigenvalue weighted by Gasteiger charge is 2.17. The lowest BCUT2D eigenvalue weighted by Gasteiger charge is -2.11. The molecule has 4 heteroatoms. The molecule has 0 bridgehead atoms. The number of unbranched alkanes of at least 4 members (excludes halogenated alkanes) is 2. The SMILES string of the molecule is CCCCCn1c(N)nc(-c2ccccc2)c1-c1ccccc1.Cl. The van der Waals surface area contributed by atoms with Crippen molar-refractivity contribution >= 4 is 18.4 Å². The van der Waals surface area contributed by atoms with Gasteiger partial charge in [-0.05, 0) is 6.42 Å². The van der Waals surface area contributed by atoms with Gasteiger partial charge in [0.15, 0.2) is 0 Å². The van der Waals surface area contributed by atoms with Gasteiger partial charge in [0.2, 0.25) is 5.95 Å². The quantitative estimate of drug-likeness (QED) is 0.609. The van der Waals surface area contributed by atoms with Crippen LogP contribution in [0.15, 0.2) is 60.7 Å². The molecule has 2 N–H and O–H groups in total. The molecule has 0 radical (unpaired) electrons. The molecule has 0 amide bonds. The Morgan fingerprint density at radius 3 is 2.04 bits per heavy atom. The number of hydrogen-bond donors (Lipinski definition) is 1. The fraction of sp³-hybridized carbons (Fsp3) is 0.250. The topological polar surface area (TPSA) is 43.8 Å². The van der Waals surface area contributed by atoms with Crippen LogP contribution in [0.3, 0.4) is 0 Å². The average molecular weight is 342 g/mol. The standard InChI is InChI=1S/C20H23N3.ClH/c1-2-3-10-15-23-19(17-13-8-5-9-14-17)18(22-20(23)21)16-11-6-4-7-12-16;/h4-9,11-14H,2-3,10,15H2,1H3,(H2,21,22);1H. The van der Waals surface area contributed by atoms with Crippen LogP contribution in [-0.4, -0.2) is 9.55 Å². The zero-order chi connectivity index (χ0) is 16.1. The van der Waals surface area contributed by atoms with Crippen molar-refractivity contribution in [3.05, 3.63) is 60.7 Å². The third kappa shape index (κ3) is 3.80. The number of nitrogens with two attached hydrogens (primary N) is 1. The number of benzene rings is 2. The van der Waals surface area contributed by atoms with Gasteiger partial charge >= 0.3 is 0 Å². The highest BCUT2D eigenvalue weighted by atomic mass is 35.5. The van der Waals surface area contributed by atoms with Gasteiger partial charge in [-0.25, -0.2) is 4.98 Å². The largest absolute Gasteiger partial charge is 0.369 e. The van der Waals surface area contributed by atoms with Crippen LogP contribution >= 0.6 is 12.4 Å². The number of nitrogen functional groups attached to an aromatic ring is 1.